The number of likely N-dealkylation sites (tertiary alicyclic amines) is 1. The van der Waals surface area contributed by atoms with E-state index in [0.29, 0.717) is 6.54 Å². The first kappa shape index (κ1) is 18.8. The molecule has 1 saturated heterocycles. The molecule has 3 nitrogen and oxygen atoms in total. The predicted molar refractivity (Wildman–Crippen MR) is 118 cm³/mol. The highest BCUT2D eigenvalue weighted by Gasteiger charge is 2.46. The minimum absolute atomic E-state index is 0.0523. The molecule has 1 unspecified atom stereocenters. The zero-order chi connectivity index (χ0) is 19.6. The van der Waals surface area contributed by atoms with Gasteiger partial charge >= 0.3 is 6.03 Å². The molecule has 4 rings (SSSR count). The van der Waals surface area contributed by atoms with Crippen LogP contribution in [0.3, 0.4) is 0 Å². The topological polar surface area (TPSA) is 32.3 Å². The summed E-state index contributed by atoms with van der Waals surface area (Å²) in [4.78, 5) is 15.0. The zero-order valence-corrected chi connectivity index (χ0v) is 17.4. The van der Waals surface area contributed by atoms with Gasteiger partial charge in [-0.05, 0) is 48.7 Å². The van der Waals surface area contributed by atoms with Crippen molar-refractivity contribution in [3.8, 4) is 0 Å². The minimum atomic E-state index is -0.195. The third kappa shape index (κ3) is 3.57. The second kappa shape index (κ2) is 7.80. The first-order valence-corrected chi connectivity index (χ1v) is 10.3. The Bertz CT molecular complexity index is 902. The third-order valence-electron chi connectivity index (χ3n) is 5.63. The molecule has 1 fully saturated rings. The van der Waals surface area contributed by atoms with Crippen molar-refractivity contribution in [3.63, 3.8) is 0 Å². The molecule has 2 amide bonds. The Balaban J connectivity index is 1.65. The van der Waals surface area contributed by atoms with Gasteiger partial charge in [-0.1, -0.05) is 76.6 Å². The largest absolute Gasteiger partial charge is 0.322 e. The highest BCUT2D eigenvalue weighted by Crippen LogP contribution is 2.43. The molecule has 28 heavy (non-hydrogen) atoms. The van der Waals surface area contributed by atoms with E-state index in [1.165, 1.54) is 11.1 Å². The van der Waals surface area contributed by atoms with Gasteiger partial charge in [-0.15, -0.1) is 0 Å². The Hall–Kier alpha value is -2.59. The van der Waals surface area contributed by atoms with Gasteiger partial charge in [-0.3, -0.25) is 0 Å². The van der Waals surface area contributed by atoms with Crippen molar-refractivity contribution in [2.45, 2.75) is 24.8 Å². The number of carbonyl (C=O) groups excluding carboxylic acids is 1. The summed E-state index contributed by atoms with van der Waals surface area (Å²) in [5, 5.41) is 3.05. The van der Waals surface area contributed by atoms with Crippen LogP contribution in [-0.2, 0) is 5.41 Å². The number of nitrogens with zero attached hydrogens (tertiary/aromatic N) is 1. The van der Waals surface area contributed by atoms with Gasteiger partial charge in [0.05, 0.1) is 0 Å². The van der Waals surface area contributed by atoms with Gasteiger partial charge in [0.2, 0.25) is 0 Å². The molecule has 1 atom stereocenters. The molecule has 142 valence electrons. The van der Waals surface area contributed by atoms with Gasteiger partial charge < -0.3 is 10.2 Å². The van der Waals surface area contributed by atoms with Gasteiger partial charge in [0, 0.05) is 28.2 Å². The van der Waals surface area contributed by atoms with E-state index in [2.05, 4.69) is 76.7 Å². The molecule has 0 bridgehead atoms. The van der Waals surface area contributed by atoms with Crippen LogP contribution >= 0.6 is 15.9 Å². The maximum atomic E-state index is 13.1. The smallest absolute Gasteiger partial charge is 0.321 e. The highest BCUT2D eigenvalue weighted by molar-refractivity contribution is 9.10. The SMILES string of the molecule is CC1CC(c2ccccc2)(c2ccccc2)CN1C(=O)Nc1ccc(Br)cc1. The summed E-state index contributed by atoms with van der Waals surface area (Å²) in [6, 6.07) is 28.9. The molecule has 0 radical (unpaired) electrons. The zero-order valence-electron chi connectivity index (χ0n) is 15.8. The van der Waals surface area contributed by atoms with E-state index in [1.807, 2.05) is 41.3 Å². The van der Waals surface area contributed by atoms with E-state index in [0.717, 1.165) is 16.6 Å². The van der Waals surface area contributed by atoms with Crippen molar-refractivity contribution < 1.29 is 4.79 Å². The Kier molecular flexibility index (Phi) is 5.23. The van der Waals surface area contributed by atoms with Crippen LogP contribution in [0.2, 0.25) is 0 Å². The van der Waals surface area contributed by atoms with Crippen molar-refractivity contribution in [2.24, 2.45) is 0 Å². The van der Waals surface area contributed by atoms with Crippen molar-refractivity contribution in [3.05, 3.63) is 101 Å². The molecular weight excluding hydrogens is 412 g/mol. The average Bonchev–Trinajstić information content (AvgIpc) is 3.10. The van der Waals surface area contributed by atoms with Crippen LogP contribution in [0.4, 0.5) is 10.5 Å². The number of hydrogen-bond donors (Lipinski definition) is 1. The molecular formula is C24H23BrN2O. The lowest BCUT2D eigenvalue weighted by atomic mass is 9.73. The van der Waals surface area contributed by atoms with Gasteiger partial charge in [-0.25, -0.2) is 4.79 Å². The Morgan fingerprint density at radius 3 is 2.00 bits per heavy atom. The van der Waals surface area contributed by atoms with E-state index in [9.17, 15) is 4.79 Å². The van der Waals surface area contributed by atoms with Crippen molar-refractivity contribution >= 4 is 27.6 Å². The second-order valence-electron chi connectivity index (χ2n) is 7.43. The summed E-state index contributed by atoms with van der Waals surface area (Å²) < 4.78 is 0.993. The summed E-state index contributed by atoms with van der Waals surface area (Å²) in [6.07, 6.45) is 0.898. The van der Waals surface area contributed by atoms with Crippen LogP contribution in [0.15, 0.2) is 89.4 Å². The molecule has 1 aliphatic heterocycles. The van der Waals surface area contributed by atoms with E-state index >= 15 is 0 Å². The van der Waals surface area contributed by atoms with Gasteiger partial charge in [-0.2, -0.15) is 0 Å². The number of halogens is 1. The number of carbonyl (C=O) groups is 1. The van der Waals surface area contributed by atoms with Crippen LogP contribution in [0, 0.1) is 0 Å². The summed E-state index contributed by atoms with van der Waals surface area (Å²) in [5.74, 6) is 0. The number of urea groups is 1. The fourth-order valence-electron chi connectivity index (χ4n) is 4.23. The first-order chi connectivity index (χ1) is 13.6. The van der Waals surface area contributed by atoms with Gasteiger partial charge in [0.15, 0.2) is 0 Å². The van der Waals surface area contributed by atoms with E-state index in [-0.39, 0.29) is 17.5 Å². The third-order valence-corrected chi connectivity index (χ3v) is 6.15. The summed E-state index contributed by atoms with van der Waals surface area (Å²) in [5.41, 5.74) is 3.12. The Labute approximate surface area is 174 Å². The fourth-order valence-corrected chi connectivity index (χ4v) is 4.49. The molecule has 3 aromatic carbocycles. The number of anilines is 1. The lowest BCUT2D eigenvalue weighted by Gasteiger charge is -2.30. The lowest BCUT2D eigenvalue weighted by Crippen LogP contribution is -2.39. The second-order valence-corrected chi connectivity index (χ2v) is 8.35. The van der Waals surface area contributed by atoms with Gasteiger partial charge in [0.1, 0.15) is 0 Å². The van der Waals surface area contributed by atoms with Crippen molar-refractivity contribution in [1.29, 1.82) is 0 Å². The summed E-state index contributed by atoms with van der Waals surface area (Å²) in [6.45, 7) is 2.79. The number of amides is 2. The summed E-state index contributed by atoms with van der Waals surface area (Å²) in [7, 11) is 0. The van der Waals surface area contributed by atoms with Crippen molar-refractivity contribution in [1.82, 2.24) is 4.90 Å². The highest BCUT2D eigenvalue weighted by atomic mass is 79.9. The predicted octanol–water partition coefficient (Wildman–Crippen LogP) is 6.06. The molecule has 1 aliphatic rings. The molecule has 0 aliphatic carbocycles. The van der Waals surface area contributed by atoms with Crippen LogP contribution in [0.1, 0.15) is 24.5 Å². The van der Waals surface area contributed by atoms with E-state index in [1.54, 1.807) is 0 Å². The standard InChI is InChI=1S/C24H23BrN2O/c1-18-16-24(19-8-4-2-5-9-19,20-10-6-3-7-11-20)17-27(18)23(28)26-22-14-12-21(25)13-15-22/h2-15,18H,16-17H2,1H3,(H,26,28). The van der Waals surface area contributed by atoms with Crippen LogP contribution < -0.4 is 5.32 Å². The number of nitrogens with one attached hydrogen (secondary N) is 1. The molecule has 4 heteroatoms. The molecule has 0 spiro atoms. The maximum absolute atomic E-state index is 13.1. The number of benzene rings is 3. The molecule has 1 N–H and O–H groups in total. The minimum Gasteiger partial charge on any atom is -0.321 e. The number of hydrogen-bond acceptors (Lipinski definition) is 1. The van der Waals surface area contributed by atoms with Crippen LogP contribution in [0.5, 0.6) is 0 Å². The van der Waals surface area contributed by atoms with Crippen molar-refractivity contribution in [2.75, 3.05) is 11.9 Å². The molecule has 0 aromatic heterocycles. The van der Waals surface area contributed by atoms with E-state index in [4.69, 9.17) is 0 Å². The Morgan fingerprint density at radius 2 is 1.46 bits per heavy atom. The molecule has 3 aromatic rings. The first-order valence-electron chi connectivity index (χ1n) is 9.53. The van der Waals surface area contributed by atoms with Crippen LogP contribution in [0.25, 0.3) is 0 Å². The average molecular weight is 435 g/mol. The monoisotopic (exact) mass is 434 g/mol. The summed E-state index contributed by atoms with van der Waals surface area (Å²) >= 11 is 3.43. The lowest BCUT2D eigenvalue weighted by molar-refractivity contribution is 0.208. The fraction of sp³-hybridized carbons (Fsp3) is 0.208. The van der Waals surface area contributed by atoms with Gasteiger partial charge in [0.25, 0.3) is 0 Å². The maximum Gasteiger partial charge on any atom is 0.322 e. The quantitative estimate of drug-likeness (QED) is 0.533. The molecule has 1 heterocycles. The van der Waals surface area contributed by atoms with E-state index < -0.39 is 0 Å². The normalized spacial score (nSPS) is 18.1. The van der Waals surface area contributed by atoms with Crippen LogP contribution in [-0.4, -0.2) is 23.5 Å². The Morgan fingerprint density at radius 1 is 0.929 bits per heavy atom. The number of rotatable bonds is 3. The molecule has 0 saturated carbocycles.